The molecule has 0 radical (unpaired) electrons. The van der Waals surface area contributed by atoms with E-state index in [0.29, 0.717) is 0 Å². The van der Waals surface area contributed by atoms with Crippen molar-refractivity contribution < 1.29 is 0 Å². The number of nitrogens with one attached hydrogen (secondary N) is 1. The third-order valence-electron chi connectivity index (χ3n) is 2.88. The van der Waals surface area contributed by atoms with Gasteiger partial charge in [-0.1, -0.05) is 19.1 Å². The lowest BCUT2D eigenvalue weighted by Gasteiger charge is -2.32. The molecule has 0 bridgehead atoms. The Hall–Kier alpha value is -0.540. The third kappa shape index (κ3) is 2.34. The molecule has 82 valence electrons. The summed E-state index contributed by atoms with van der Waals surface area (Å²) >= 11 is 3.66. The van der Waals surface area contributed by atoms with E-state index in [0.717, 1.165) is 32.6 Å². The van der Waals surface area contributed by atoms with Gasteiger partial charge in [0.2, 0.25) is 0 Å². The van der Waals surface area contributed by atoms with Crippen LogP contribution in [0.3, 0.4) is 0 Å². The van der Waals surface area contributed by atoms with Crippen molar-refractivity contribution in [1.82, 2.24) is 5.32 Å². The molecule has 0 aromatic heterocycles. The second kappa shape index (κ2) is 4.99. The Bertz CT molecular complexity index is 332. The van der Waals surface area contributed by atoms with Gasteiger partial charge in [-0.15, -0.1) is 0 Å². The van der Waals surface area contributed by atoms with Crippen molar-refractivity contribution in [3.8, 4) is 0 Å². The molecular weight excluding hydrogens is 252 g/mol. The number of piperazine rings is 1. The van der Waals surface area contributed by atoms with Gasteiger partial charge in [0.05, 0.1) is 5.69 Å². The summed E-state index contributed by atoms with van der Waals surface area (Å²) in [5.74, 6) is 0. The van der Waals surface area contributed by atoms with Crippen LogP contribution >= 0.6 is 15.9 Å². The summed E-state index contributed by atoms with van der Waals surface area (Å²) in [7, 11) is 0. The van der Waals surface area contributed by atoms with Crippen LogP contribution < -0.4 is 10.2 Å². The van der Waals surface area contributed by atoms with Crippen LogP contribution in [0.5, 0.6) is 0 Å². The van der Waals surface area contributed by atoms with E-state index in [2.05, 4.69) is 51.3 Å². The smallest absolute Gasteiger partial charge is 0.0543 e. The van der Waals surface area contributed by atoms with Crippen molar-refractivity contribution in [2.24, 2.45) is 0 Å². The van der Waals surface area contributed by atoms with Crippen molar-refractivity contribution in [3.63, 3.8) is 0 Å². The molecule has 1 saturated heterocycles. The molecule has 0 saturated carbocycles. The van der Waals surface area contributed by atoms with Crippen LogP contribution in [0, 0.1) is 0 Å². The number of hydrogen-bond donors (Lipinski definition) is 1. The maximum absolute atomic E-state index is 3.66. The molecule has 1 aliphatic rings. The molecule has 1 aromatic rings. The minimum Gasteiger partial charge on any atom is -0.368 e. The van der Waals surface area contributed by atoms with Gasteiger partial charge < -0.3 is 10.2 Å². The molecule has 1 aromatic carbocycles. The number of hydrogen-bond acceptors (Lipinski definition) is 2. The number of aryl methyl sites for hydroxylation is 1. The molecule has 1 heterocycles. The standard InChI is InChI=1S/C12H17BrN2/c1-2-10-4-3-5-11(13)12(10)15-8-6-14-7-9-15/h3-5,14H,2,6-9H2,1H3. The topological polar surface area (TPSA) is 15.3 Å². The number of nitrogens with zero attached hydrogens (tertiary/aromatic N) is 1. The predicted molar refractivity (Wildman–Crippen MR) is 68.6 cm³/mol. The van der Waals surface area contributed by atoms with Crippen molar-refractivity contribution in [1.29, 1.82) is 0 Å². The fourth-order valence-corrected chi connectivity index (χ4v) is 2.75. The number of benzene rings is 1. The van der Waals surface area contributed by atoms with Crippen LogP contribution in [0.2, 0.25) is 0 Å². The first-order valence-corrected chi connectivity index (χ1v) is 6.35. The number of halogens is 1. The van der Waals surface area contributed by atoms with Crippen LogP contribution in [-0.2, 0) is 6.42 Å². The Morgan fingerprint density at radius 2 is 2.07 bits per heavy atom. The fraction of sp³-hybridized carbons (Fsp3) is 0.500. The highest BCUT2D eigenvalue weighted by molar-refractivity contribution is 9.10. The molecule has 2 rings (SSSR count). The van der Waals surface area contributed by atoms with E-state index in [1.54, 1.807) is 0 Å². The SMILES string of the molecule is CCc1cccc(Br)c1N1CCNCC1. The van der Waals surface area contributed by atoms with E-state index in [9.17, 15) is 0 Å². The van der Waals surface area contributed by atoms with E-state index >= 15 is 0 Å². The van der Waals surface area contributed by atoms with Gasteiger partial charge in [0.15, 0.2) is 0 Å². The summed E-state index contributed by atoms with van der Waals surface area (Å²) in [6.45, 7) is 6.60. The van der Waals surface area contributed by atoms with Gasteiger partial charge in [-0.2, -0.15) is 0 Å². The number of anilines is 1. The lowest BCUT2D eigenvalue weighted by Crippen LogP contribution is -2.44. The molecule has 1 aliphatic heterocycles. The molecule has 0 atom stereocenters. The van der Waals surface area contributed by atoms with Gasteiger partial charge >= 0.3 is 0 Å². The molecule has 15 heavy (non-hydrogen) atoms. The van der Waals surface area contributed by atoms with Crippen LogP contribution in [0.15, 0.2) is 22.7 Å². The molecular formula is C12H17BrN2. The lowest BCUT2D eigenvalue weighted by atomic mass is 10.1. The van der Waals surface area contributed by atoms with E-state index in [1.807, 2.05) is 0 Å². The Morgan fingerprint density at radius 3 is 2.73 bits per heavy atom. The highest BCUT2D eigenvalue weighted by Gasteiger charge is 2.15. The van der Waals surface area contributed by atoms with E-state index in [1.165, 1.54) is 15.7 Å². The van der Waals surface area contributed by atoms with Crippen LogP contribution in [0.25, 0.3) is 0 Å². The summed E-state index contributed by atoms with van der Waals surface area (Å²) in [5, 5.41) is 3.38. The van der Waals surface area contributed by atoms with Crippen LogP contribution in [0.1, 0.15) is 12.5 Å². The first kappa shape index (κ1) is 11.0. The molecule has 3 heteroatoms. The van der Waals surface area contributed by atoms with Crippen LogP contribution in [-0.4, -0.2) is 26.2 Å². The quantitative estimate of drug-likeness (QED) is 0.887. The Labute approximate surface area is 99.8 Å². The van der Waals surface area contributed by atoms with Crippen molar-refractivity contribution in [3.05, 3.63) is 28.2 Å². The van der Waals surface area contributed by atoms with Crippen molar-refractivity contribution >= 4 is 21.6 Å². The minimum absolute atomic E-state index is 1.09. The first-order valence-electron chi connectivity index (χ1n) is 5.56. The third-order valence-corrected chi connectivity index (χ3v) is 3.52. The Morgan fingerprint density at radius 1 is 1.33 bits per heavy atom. The lowest BCUT2D eigenvalue weighted by molar-refractivity contribution is 0.587. The molecule has 0 spiro atoms. The van der Waals surface area contributed by atoms with Gasteiger partial charge in [-0.3, -0.25) is 0 Å². The maximum Gasteiger partial charge on any atom is 0.0543 e. The second-order valence-corrected chi connectivity index (χ2v) is 4.69. The Balaban J connectivity index is 2.31. The monoisotopic (exact) mass is 268 g/mol. The summed E-state index contributed by atoms with van der Waals surface area (Å²) in [6, 6.07) is 6.48. The number of rotatable bonds is 2. The highest BCUT2D eigenvalue weighted by atomic mass is 79.9. The first-order chi connectivity index (χ1) is 7.33. The van der Waals surface area contributed by atoms with Gasteiger partial charge in [0.25, 0.3) is 0 Å². The fourth-order valence-electron chi connectivity index (χ4n) is 2.09. The minimum atomic E-state index is 1.09. The second-order valence-electron chi connectivity index (χ2n) is 3.84. The largest absolute Gasteiger partial charge is 0.368 e. The van der Waals surface area contributed by atoms with Gasteiger partial charge in [0.1, 0.15) is 0 Å². The maximum atomic E-state index is 3.66. The average Bonchev–Trinajstić information content (AvgIpc) is 2.29. The highest BCUT2D eigenvalue weighted by Crippen LogP contribution is 2.30. The average molecular weight is 269 g/mol. The zero-order valence-electron chi connectivity index (χ0n) is 9.09. The molecule has 0 amide bonds. The molecule has 0 unspecified atom stereocenters. The van der Waals surface area contributed by atoms with E-state index in [4.69, 9.17) is 0 Å². The molecule has 2 nitrogen and oxygen atoms in total. The summed E-state index contributed by atoms with van der Waals surface area (Å²) < 4.78 is 1.23. The van der Waals surface area contributed by atoms with Gasteiger partial charge in [-0.25, -0.2) is 0 Å². The predicted octanol–water partition coefficient (Wildman–Crippen LogP) is 2.42. The van der Waals surface area contributed by atoms with E-state index < -0.39 is 0 Å². The zero-order valence-corrected chi connectivity index (χ0v) is 10.7. The summed E-state index contributed by atoms with van der Waals surface area (Å²) in [6.07, 6.45) is 1.10. The van der Waals surface area contributed by atoms with Gasteiger partial charge in [0, 0.05) is 30.7 Å². The Kier molecular flexibility index (Phi) is 3.65. The molecule has 0 aliphatic carbocycles. The normalized spacial score (nSPS) is 16.8. The summed E-state index contributed by atoms with van der Waals surface area (Å²) in [5.41, 5.74) is 2.83. The molecule has 1 fully saturated rings. The zero-order chi connectivity index (χ0) is 10.7. The van der Waals surface area contributed by atoms with Crippen LogP contribution in [0.4, 0.5) is 5.69 Å². The van der Waals surface area contributed by atoms with Crippen molar-refractivity contribution in [2.45, 2.75) is 13.3 Å². The van der Waals surface area contributed by atoms with Crippen molar-refractivity contribution in [2.75, 3.05) is 31.1 Å². The number of para-hydroxylation sites is 1. The summed E-state index contributed by atoms with van der Waals surface area (Å²) in [4.78, 5) is 2.47. The van der Waals surface area contributed by atoms with E-state index in [-0.39, 0.29) is 0 Å². The molecule has 1 N–H and O–H groups in total. The van der Waals surface area contributed by atoms with Gasteiger partial charge in [-0.05, 0) is 34.0 Å².